The Morgan fingerprint density at radius 2 is 2.12 bits per heavy atom. The number of halogens is 1. The van der Waals surface area contributed by atoms with Crippen LogP contribution in [0.5, 0.6) is 0 Å². The van der Waals surface area contributed by atoms with Crippen molar-refractivity contribution < 1.29 is 9.53 Å². The second kappa shape index (κ2) is 5.66. The summed E-state index contributed by atoms with van der Waals surface area (Å²) in [4.78, 5) is 22.6. The third-order valence-corrected chi connectivity index (χ3v) is 5.02. The van der Waals surface area contributed by atoms with Gasteiger partial charge in [0.2, 0.25) is 0 Å². The Kier molecular flexibility index (Phi) is 4.03. The van der Waals surface area contributed by atoms with E-state index in [1.807, 2.05) is 46.8 Å². The van der Waals surface area contributed by atoms with E-state index < -0.39 is 11.1 Å². The molecule has 2 heterocycles. The summed E-state index contributed by atoms with van der Waals surface area (Å²) in [5, 5.41) is 0.695. The zero-order chi connectivity index (χ0) is 17.7. The third-order valence-electron chi connectivity index (χ3n) is 4.61. The minimum absolute atomic E-state index is 0.294. The molecule has 1 aliphatic rings. The smallest absolute Gasteiger partial charge is 0.411 e. The molecule has 1 saturated heterocycles. The van der Waals surface area contributed by atoms with Gasteiger partial charge in [0.1, 0.15) is 17.0 Å². The van der Waals surface area contributed by atoms with E-state index in [9.17, 15) is 4.79 Å². The van der Waals surface area contributed by atoms with Gasteiger partial charge < -0.3 is 9.72 Å². The molecule has 1 fully saturated rings. The molecule has 5 nitrogen and oxygen atoms in total. The summed E-state index contributed by atoms with van der Waals surface area (Å²) in [6, 6.07) is 3.79. The lowest BCUT2D eigenvalue weighted by atomic mass is 9.98. The Morgan fingerprint density at radius 1 is 1.42 bits per heavy atom. The average Bonchev–Trinajstić information content (AvgIpc) is 3.06. The normalized spacial score (nSPS) is 21.5. The Labute approximate surface area is 147 Å². The predicted molar refractivity (Wildman–Crippen MR) is 95.4 cm³/mol. The number of aromatic amines is 1. The summed E-state index contributed by atoms with van der Waals surface area (Å²) in [5.74, 6) is 0.784. The van der Waals surface area contributed by atoms with E-state index in [0.717, 1.165) is 35.3 Å². The van der Waals surface area contributed by atoms with Crippen molar-refractivity contribution in [1.82, 2.24) is 14.9 Å². The van der Waals surface area contributed by atoms with Gasteiger partial charge in [-0.2, -0.15) is 0 Å². The molecule has 24 heavy (non-hydrogen) atoms. The molecule has 0 aliphatic carbocycles. The number of benzene rings is 1. The van der Waals surface area contributed by atoms with Gasteiger partial charge in [-0.15, -0.1) is 0 Å². The molecular weight excluding hydrogens is 326 g/mol. The maximum atomic E-state index is 12.6. The van der Waals surface area contributed by atoms with E-state index in [4.69, 9.17) is 21.3 Å². The van der Waals surface area contributed by atoms with E-state index in [0.29, 0.717) is 11.6 Å². The predicted octanol–water partition coefficient (Wildman–Crippen LogP) is 4.77. The van der Waals surface area contributed by atoms with Crippen molar-refractivity contribution in [2.45, 2.75) is 58.6 Å². The number of H-pyrrole nitrogens is 1. The number of likely N-dealkylation sites (tertiary alicyclic amines) is 1. The summed E-state index contributed by atoms with van der Waals surface area (Å²) in [6.07, 6.45) is 1.48. The van der Waals surface area contributed by atoms with Crippen LogP contribution in [0.1, 0.15) is 51.9 Å². The van der Waals surface area contributed by atoms with Crippen LogP contribution in [0.4, 0.5) is 4.79 Å². The first-order chi connectivity index (χ1) is 11.1. The largest absolute Gasteiger partial charge is 0.444 e. The fourth-order valence-corrected chi connectivity index (χ4v) is 3.41. The summed E-state index contributed by atoms with van der Waals surface area (Å²) in [7, 11) is 0. The highest BCUT2D eigenvalue weighted by Gasteiger charge is 2.45. The van der Waals surface area contributed by atoms with Gasteiger partial charge in [0.25, 0.3) is 0 Å². The monoisotopic (exact) mass is 349 g/mol. The summed E-state index contributed by atoms with van der Waals surface area (Å²) < 4.78 is 5.58. The van der Waals surface area contributed by atoms with Crippen LogP contribution >= 0.6 is 11.6 Å². The SMILES string of the molecule is Cc1c(Cl)ccc2[nH]c(C3(C)CCCN3C(=O)OC(C)(C)C)nc12. The van der Waals surface area contributed by atoms with E-state index in [-0.39, 0.29) is 6.09 Å². The van der Waals surface area contributed by atoms with Crippen molar-refractivity contribution in [1.29, 1.82) is 0 Å². The van der Waals surface area contributed by atoms with E-state index in [1.54, 1.807) is 4.90 Å². The molecule has 1 unspecified atom stereocenters. The Hall–Kier alpha value is -1.75. The highest BCUT2D eigenvalue weighted by Crippen LogP contribution is 2.39. The van der Waals surface area contributed by atoms with Crippen LogP contribution in [0.3, 0.4) is 0 Å². The molecule has 1 N–H and O–H groups in total. The number of hydrogen-bond donors (Lipinski definition) is 1. The number of aromatic nitrogens is 2. The molecule has 0 radical (unpaired) electrons. The molecule has 2 aromatic rings. The first kappa shape index (κ1) is 17.1. The van der Waals surface area contributed by atoms with Crippen LogP contribution in [-0.2, 0) is 10.3 Å². The average molecular weight is 350 g/mol. The number of fused-ring (bicyclic) bond motifs is 1. The van der Waals surface area contributed by atoms with Crippen molar-refractivity contribution >= 4 is 28.7 Å². The lowest BCUT2D eigenvalue weighted by molar-refractivity contribution is 0.00870. The summed E-state index contributed by atoms with van der Waals surface area (Å²) in [5.41, 5.74) is 1.72. The fourth-order valence-electron chi connectivity index (χ4n) is 3.26. The number of nitrogens with one attached hydrogen (secondary N) is 1. The summed E-state index contributed by atoms with van der Waals surface area (Å²) >= 11 is 6.20. The summed E-state index contributed by atoms with van der Waals surface area (Å²) in [6.45, 7) is 10.3. The molecule has 1 amide bonds. The van der Waals surface area contributed by atoms with Gasteiger partial charge in [-0.3, -0.25) is 4.90 Å². The maximum Gasteiger partial charge on any atom is 0.411 e. The second-order valence-electron chi connectivity index (χ2n) is 7.66. The zero-order valence-corrected chi connectivity index (χ0v) is 15.6. The highest BCUT2D eigenvalue weighted by atomic mass is 35.5. The molecule has 1 aromatic carbocycles. The molecule has 0 saturated carbocycles. The topological polar surface area (TPSA) is 58.2 Å². The number of amides is 1. The molecule has 0 spiro atoms. The second-order valence-corrected chi connectivity index (χ2v) is 8.07. The lowest BCUT2D eigenvalue weighted by Crippen LogP contribution is -2.46. The van der Waals surface area contributed by atoms with Crippen LogP contribution in [0.2, 0.25) is 5.02 Å². The van der Waals surface area contributed by atoms with Gasteiger partial charge in [0.15, 0.2) is 0 Å². The molecule has 3 rings (SSSR count). The van der Waals surface area contributed by atoms with Crippen LogP contribution in [0.15, 0.2) is 12.1 Å². The molecule has 1 aromatic heterocycles. The molecule has 1 aliphatic heterocycles. The number of hydrogen-bond acceptors (Lipinski definition) is 3. The number of imidazole rings is 1. The van der Waals surface area contributed by atoms with E-state index in [2.05, 4.69) is 4.98 Å². The van der Waals surface area contributed by atoms with E-state index in [1.165, 1.54) is 0 Å². The first-order valence-corrected chi connectivity index (χ1v) is 8.65. The molecular formula is C18H24ClN3O2. The van der Waals surface area contributed by atoms with Crippen LogP contribution < -0.4 is 0 Å². The lowest BCUT2D eigenvalue weighted by Gasteiger charge is -2.34. The van der Waals surface area contributed by atoms with Crippen molar-refractivity contribution in [3.05, 3.63) is 28.5 Å². The van der Waals surface area contributed by atoms with Gasteiger partial charge in [0, 0.05) is 11.6 Å². The Balaban J connectivity index is 2.00. The number of carbonyl (C=O) groups excluding carboxylic acids is 1. The van der Waals surface area contributed by atoms with Gasteiger partial charge in [-0.25, -0.2) is 9.78 Å². The fraction of sp³-hybridized carbons (Fsp3) is 0.556. The van der Waals surface area contributed by atoms with Crippen molar-refractivity contribution in [2.75, 3.05) is 6.54 Å². The van der Waals surface area contributed by atoms with Crippen LogP contribution in [-0.4, -0.2) is 33.1 Å². The van der Waals surface area contributed by atoms with Gasteiger partial charge in [-0.1, -0.05) is 11.6 Å². The van der Waals surface area contributed by atoms with Crippen LogP contribution in [0.25, 0.3) is 11.0 Å². The van der Waals surface area contributed by atoms with Crippen molar-refractivity contribution in [3.63, 3.8) is 0 Å². The van der Waals surface area contributed by atoms with Gasteiger partial charge in [0.05, 0.1) is 11.0 Å². The zero-order valence-electron chi connectivity index (χ0n) is 14.9. The first-order valence-electron chi connectivity index (χ1n) is 8.28. The van der Waals surface area contributed by atoms with E-state index >= 15 is 0 Å². The van der Waals surface area contributed by atoms with Crippen LogP contribution in [0, 0.1) is 6.92 Å². The van der Waals surface area contributed by atoms with Crippen molar-refractivity contribution in [2.24, 2.45) is 0 Å². The van der Waals surface area contributed by atoms with Gasteiger partial charge in [-0.05, 0) is 65.2 Å². The molecule has 130 valence electrons. The Bertz CT molecular complexity index is 793. The number of ether oxygens (including phenoxy) is 1. The third kappa shape index (κ3) is 2.86. The molecule has 1 atom stereocenters. The quantitative estimate of drug-likeness (QED) is 0.806. The molecule has 6 heteroatoms. The highest BCUT2D eigenvalue weighted by molar-refractivity contribution is 6.32. The standard InChI is InChI=1S/C18H24ClN3O2/c1-11-12(19)7-8-13-14(11)21-15(20-13)18(5)9-6-10-22(18)16(23)24-17(2,3)4/h7-8H,6,9-10H2,1-5H3,(H,20,21). The Morgan fingerprint density at radius 3 is 2.79 bits per heavy atom. The van der Waals surface area contributed by atoms with Gasteiger partial charge >= 0.3 is 6.09 Å². The minimum atomic E-state index is -0.515. The molecule has 0 bridgehead atoms. The number of aryl methyl sites for hydroxylation is 1. The number of carbonyl (C=O) groups is 1. The maximum absolute atomic E-state index is 12.6. The number of rotatable bonds is 1. The van der Waals surface area contributed by atoms with Crippen molar-refractivity contribution in [3.8, 4) is 0 Å². The minimum Gasteiger partial charge on any atom is -0.444 e. The number of nitrogens with zero attached hydrogens (tertiary/aromatic N) is 2.